The lowest BCUT2D eigenvalue weighted by molar-refractivity contribution is -0.122. The van der Waals surface area contributed by atoms with Gasteiger partial charge in [0.25, 0.3) is 0 Å². The second kappa shape index (κ2) is 8.26. The topological polar surface area (TPSA) is 59.6 Å². The van der Waals surface area contributed by atoms with Crippen molar-refractivity contribution in [2.45, 2.75) is 19.5 Å². The Morgan fingerprint density at radius 1 is 1.48 bits per heavy atom. The lowest BCUT2D eigenvalue weighted by Gasteiger charge is -2.14. The Morgan fingerprint density at radius 3 is 3.05 bits per heavy atom. The lowest BCUT2D eigenvalue weighted by Crippen LogP contribution is -2.41. The Balaban J connectivity index is 1.93. The Kier molecular flexibility index (Phi) is 6.35. The van der Waals surface area contributed by atoms with Crippen LogP contribution in [0.25, 0.3) is 0 Å². The zero-order chi connectivity index (χ0) is 15.1. The molecule has 0 bridgehead atoms. The minimum absolute atomic E-state index is 0.0448. The van der Waals surface area contributed by atoms with E-state index in [1.807, 2.05) is 25.1 Å². The normalized spacial score (nSPS) is 17.7. The minimum Gasteiger partial charge on any atom is -0.491 e. The van der Waals surface area contributed by atoms with Gasteiger partial charge in [-0.25, -0.2) is 0 Å². The summed E-state index contributed by atoms with van der Waals surface area (Å²) in [4.78, 5) is 12.0. The van der Waals surface area contributed by atoms with E-state index in [9.17, 15) is 4.79 Å². The Bertz CT molecular complexity index is 476. The molecule has 0 radical (unpaired) electrons. The third-order valence-electron chi connectivity index (χ3n) is 3.25. The van der Waals surface area contributed by atoms with Gasteiger partial charge in [-0.1, -0.05) is 12.1 Å². The van der Waals surface area contributed by atoms with Gasteiger partial charge in [-0.2, -0.15) is 0 Å². The van der Waals surface area contributed by atoms with Crippen molar-refractivity contribution in [3.05, 3.63) is 29.3 Å². The van der Waals surface area contributed by atoms with Gasteiger partial charge in [0.2, 0.25) is 5.91 Å². The van der Waals surface area contributed by atoms with Gasteiger partial charge in [0.05, 0.1) is 12.6 Å². The van der Waals surface area contributed by atoms with Crippen LogP contribution in [0, 0.1) is 6.92 Å². The highest BCUT2D eigenvalue weighted by atomic mass is 32.2. The molecule has 1 aliphatic heterocycles. The van der Waals surface area contributed by atoms with E-state index in [1.165, 1.54) is 0 Å². The van der Waals surface area contributed by atoms with Crippen LogP contribution in [0.4, 0.5) is 0 Å². The lowest BCUT2D eigenvalue weighted by atomic mass is 10.1. The molecule has 0 aliphatic carbocycles. The number of aryl methyl sites for hydroxylation is 1. The van der Waals surface area contributed by atoms with Gasteiger partial charge in [0.1, 0.15) is 12.4 Å². The van der Waals surface area contributed by atoms with Crippen LogP contribution in [0.2, 0.25) is 0 Å². The van der Waals surface area contributed by atoms with Gasteiger partial charge in [0.15, 0.2) is 0 Å². The van der Waals surface area contributed by atoms with E-state index in [0.717, 1.165) is 28.5 Å². The van der Waals surface area contributed by atoms with Crippen molar-refractivity contribution in [2.24, 2.45) is 0 Å². The Labute approximate surface area is 129 Å². The van der Waals surface area contributed by atoms with Crippen LogP contribution in [-0.2, 0) is 16.1 Å². The number of carbonyl (C=O) groups excluding carboxylic acids is 1. The number of nitrogens with one attached hydrogen (secondary N) is 2. The molecule has 2 rings (SSSR count). The van der Waals surface area contributed by atoms with E-state index in [-0.39, 0.29) is 11.9 Å². The molecule has 0 spiro atoms. The third-order valence-corrected chi connectivity index (χ3v) is 4.19. The molecule has 6 heteroatoms. The van der Waals surface area contributed by atoms with Crippen LogP contribution in [0.15, 0.2) is 18.2 Å². The molecule has 1 aliphatic rings. The summed E-state index contributed by atoms with van der Waals surface area (Å²) in [7, 11) is 1.65. The third kappa shape index (κ3) is 4.91. The number of hydrogen-bond donors (Lipinski definition) is 2. The number of carbonyl (C=O) groups is 1. The molecule has 1 unspecified atom stereocenters. The van der Waals surface area contributed by atoms with Crippen LogP contribution in [0.3, 0.4) is 0 Å². The molecule has 1 saturated heterocycles. The first-order valence-electron chi connectivity index (χ1n) is 7.01. The maximum atomic E-state index is 12.0. The molecular formula is C15H22N2O3S. The molecule has 0 aromatic heterocycles. The van der Waals surface area contributed by atoms with Crippen LogP contribution in [-0.4, -0.2) is 43.9 Å². The number of benzene rings is 1. The fourth-order valence-electron chi connectivity index (χ4n) is 2.05. The molecular weight excluding hydrogens is 288 g/mol. The zero-order valence-corrected chi connectivity index (χ0v) is 13.3. The van der Waals surface area contributed by atoms with Crippen LogP contribution in [0.1, 0.15) is 11.1 Å². The van der Waals surface area contributed by atoms with E-state index in [4.69, 9.17) is 9.47 Å². The molecule has 116 valence electrons. The van der Waals surface area contributed by atoms with Crippen molar-refractivity contribution < 1.29 is 14.3 Å². The summed E-state index contributed by atoms with van der Waals surface area (Å²) in [6.45, 7) is 3.54. The molecule has 2 N–H and O–H groups in total. The highest BCUT2D eigenvalue weighted by Gasteiger charge is 2.22. The second-order valence-electron chi connectivity index (χ2n) is 4.94. The number of rotatable bonds is 7. The number of ether oxygens (including phenoxy) is 2. The van der Waals surface area contributed by atoms with Gasteiger partial charge in [-0.05, 0) is 18.6 Å². The van der Waals surface area contributed by atoms with E-state index >= 15 is 0 Å². The molecule has 5 nitrogen and oxygen atoms in total. The van der Waals surface area contributed by atoms with Crippen molar-refractivity contribution >= 4 is 17.7 Å². The number of amides is 1. The first-order valence-corrected chi connectivity index (χ1v) is 8.16. The second-order valence-corrected chi connectivity index (χ2v) is 5.97. The monoisotopic (exact) mass is 310 g/mol. The average Bonchev–Trinajstić information content (AvgIpc) is 3.00. The molecule has 21 heavy (non-hydrogen) atoms. The van der Waals surface area contributed by atoms with Crippen molar-refractivity contribution in [1.29, 1.82) is 0 Å². The summed E-state index contributed by atoms with van der Waals surface area (Å²) < 4.78 is 10.7. The predicted octanol–water partition coefficient (Wildman–Crippen LogP) is 1.30. The maximum Gasteiger partial charge on any atom is 0.238 e. The van der Waals surface area contributed by atoms with E-state index in [1.54, 1.807) is 18.9 Å². The number of methoxy groups -OCH3 is 1. The van der Waals surface area contributed by atoms with Gasteiger partial charge in [-0.3, -0.25) is 10.1 Å². The van der Waals surface area contributed by atoms with Gasteiger partial charge in [-0.15, -0.1) is 11.8 Å². The van der Waals surface area contributed by atoms with E-state index in [2.05, 4.69) is 10.6 Å². The number of hydrogen-bond acceptors (Lipinski definition) is 5. The highest BCUT2D eigenvalue weighted by Crippen LogP contribution is 2.20. The van der Waals surface area contributed by atoms with Gasteiger partial charge < -0.3 is 14.8 Å². The summed E-state index contributed by atoms with van der Waals surface area (Å²) in [5.41, 5.74) is 2.11. The highest BCUT2D eigenvalue weighted by molar-refractivity contribution is 7.99. The van der Waals surface area contributed by atoms with Crippen molar-refractivity contribution in [3.63, 3.8) is 0 Å². The zero-order valence-electron chi connectivity index (χ0n) is 12.5. The standard InChI is InChI=1S/C15H22N2O3S/c1-11-3-4-12(14(7-11)20-6-5-19-2)8-16-15(18)13-9-21-10-17-13/h3-4,7,13,17H,5-6,8-10H2,1-2H3,(H,16,18). The van der Waals surface area contributed by atoms with Crippen molar-refractivity contribution in [3.8, 4) is 5.75 Å². The van der Waals surface area contributed by atoms with Crippen LogP contribution in [0.5, 0.6) is 5.75 Å². The van der Waals surface area contributed by atoms with Crippen molar-refractivity contribution in [1.82, 2.24) is 10.6 Å². The molecule has 1 heterocycles. The summed E-state index contributed by atoms with van der Waals surface area (Å²) in [5.74, 6) is 2.52. The molecule has 1 amide bonds. The summed E-state index contributed by atoms with van der Waals surface area (Å²) >= 11 is 1.74. The van der Waals surface area contributed by atoms with Crippen LogP contribution < -0.4 is 15.4 Å². The maximum absolute atomic E-state index is 12.0. The van der Waals surface area contributed by atoms with E-state index < -0.39 is 0 Å². The van der Waals surface area contributed by atoms with Crippen molar-refractivity contribution in [2.75, 3.05) is 32.0 Å². The molecule has 1 aromatic carbocycles. The van der Waals surface area contributed by atoms with Crippen LogP contribution >= 0.6 is 11.8 Å². The minimum atomic E-state index is -0.0849. The fraction of sp³-hybridized carbons (Fsp3) is 0.533. The number of thioether (sulfide) groups is 1. The first kappa shape index (κ1) is 16.1. The molecule has 1 atom stereocenters. The molecule has 1 fully saturated rings. The Hall–Kier alpha value is -1.24. The predicted molar refractivity (Wildman–Crippen MR) is 84.6 cm³/mol. The van der Waals surface area contributed by atoms with E-state index in [0.29, 0.717) is 19.8 Å². The fourth-order valence-corrected chi connectivity index (χ4v) is 2.99. The quantitative estimate of drug-likeness (QED) is 0.744. The summed E-state index contributed by atoms with van der Waals surface area (Å²) in [6, 6.07) is 5.92. The smallest absolute Gasteiger partial charge is 0.238 e. The molecule has 1 aromatic rings. The SMILES string of the molecule is COCCOc1cc(C)ccc1CNC(=O)C1CSCN1. The first-order chi connectivity index (χ1) is 10.2. The Morgan fingerprint density at radius 2 is 2.33 bits per heavy atom. The van der Waals surface area contributed by atoms with Gasteiger partial charge in [0, 0.05) is 30.8 Å². The summed E-state index contributed by atoms with van der Waals surface area (Å²) in [5, 5.41) is 6.13. The van der Waals surface area contributed by atoms with Gasteiger partial charge >= 0.3 is 0 Å². The average molecular weight is 310 g/mol. The molecule has 0 saturated carbocycles. The largest absolute Gasteiger partial charge is 0.491 e. The summed E-state index contributed by atoms with van der Waals surface area (Å²) in [6.07, 6.45) is 0.